The van der Waals surface area contributed by atoms with Gasteiger partial charge in [0.05, 0.1) is 6.10 Å². The van der Waals surface area contributed by atoms with E-state index in [1.807, 2.05) is 24.3 Å². The molecule has 108 valence electrons. The number of nitrogens with zero attached hydrogens (tertiary/aromatic N) is 2. The molecule has 1 unspecified atom stereocenters. The summed E-state index contributed by atoms with van der Waals surface area (Å²) in [6, 6.07) is 7.87. The van der Waals surface area contributed by atoms with Crippen molar-refractivity contribution in [2.24, 2.45) is 0 Å². The maximum Gasteiger partial charge on any atom is 0.0813 e. The van der Waals surface area contributed by atoms with Gasteiger partial charge in [-0.1, -0.05) is 34.1 Å². The molecule has 0 amide bonds. The molecular formula is C15H25BrN2O. The van der Waals surface area contributed by atoms with E-state index in [0.29, 0.717) is 0 Å². The van der Waals surface area contributed by atoms with Crippen molar-refractivity contribution in [3.05, 3.63) is 34.3 Å². The molecular weight excluding hydrogens is 304 g/mol. The van der Waals surface area contributed by atoms with Gasteiger partial charge in [0.2, 0.25) is 0 Å². The third kappa shape index (κ3) is 6.52. The Kier molecular flexibility index (Phi) is 7.61. The maximum atomic E-state index is 10.2. The topological polar surface area (TPSA) is 26.7 Å². The van der Waals surface area contributed by atoms with Crippen molar-refractivity contribution in [2.75, 3.05) is 40.8 Å². The lowest BCUT2D eigenvalue weighted by Gasteiger charge is -2.20. The fourth-order valence-corrected chi connectivity index (χ4v) is 2.56. The highest BCUT2D eigenvalue weighted by molar-refractivity contribution is 9.10. The number of halogens is 1. The number of benzene rings is 1. The Morgan fingerprint density at radius 2 is 1.79 bits per heavy atom. The summed E-state index contributed by atoms with van der Waals surface area (Å²) in [5.74, 6) is 0. The number of hydrogen-bond donors (Lipinski definition) is 1. The molecule has 1 N–H and O–H groups in total. The average molecular weight is 329 g/mol. The molecule has 0 heterocycles. The van der Waals surface area contributed by atoms with E-state index in [1.165, 1.54) is 0 Å². The van der Waals surface area contributed by atoms with Crippen LogP contribution in [-0.2, 0) is 0 Å². The zero-order valence-electron chi connectivity index (χ0n) is 12.1. The fraction of sp³-hybridized carbons (Fsp3) is 0.600. The Morgan fingerprint density at radius 3 is 2.42 bits per heavy atom. The van der Waals surface area contributed by atoms with E-state index in [4.69, 9.17) is 0 Å². The number of rotatable bonds is 8. The van der Waals surface area contributed by atoms with E-state index >= 15 is 0 Å². The molecule has 3 nitrogen and oxygen atoms in total. The van der Waals surface area contributed by atoms with Crippen LogP contribution in [0.1, 0.15) is 24.5 Å². The molecule has 1 rings (SSSR count). The normalized spacial score (nSPS) is 13.2. The molecule has 0 aliphatic heterocycles. The first-order valence-electron chi connectivity index (χ1n) is 6.76. The second kappa shape index (κ2) is 8.69. The van der Waals surface area contributed by atoms with E-state index < -0.39 is 6.10 Å². The van der Waals surface area contributed by atoms with Crippen LogP contribution >= 0.6 is 15.9 Å². The molecule has 0 aliphatic rings. The Hall–Kier alpha value is -0.420. The molecule has 1 aromatic carbocycles. The van der Waals surface area contributed by atoms with Gasteiger partial charge < -0.3 is 14.9 Å². The maximum absolute atomic E-state index is 10.2. The minimum Gasteiger partial charge on any atom is -0.388 e. The molecule has 0 saturated heterocycles. The predicted molar refractivity (Wildman–Crippen MR) is 84.4 cm³/mol. The SMILES string of the molecule is CN(C)CCCN(C)CCC(O)c1ccccc1Br. The van der Waals surface area contributed by atoms with Crippen LogP contribution in [0.5, 0.6) is 0 Å². The quantitative estimate of drug-likeness (QED) is 0.794. The van der Waals surface area contributed by atoms with Gasteiger partial charge in [-0.15, -0.1) is 0 Å². The van der Waals surface area contributed by atoms with E-state index in [9.17, 15) is 5.11 Å². The first-order valence-corrected chi connectivity index (χ1v) is 7.55. The van der Waals surface area contributed by atoms with Crippen molar-refractivity contribution in [2.45, 2.75) is 18.9 Å². The molecule has 0 spiro atoms. The molecule has 4 heteroatoms. The predicted octanol–water partition coefficient (Wildman–Crippen LogP) is 2.76. The fourth-order valence-electron chi connectivity index (χ4n) is 2.01. The second-order valence-corrected chi connectivity index (χ2v) is 6.14. The molecule has 0 aliphatic carbocycles. The lowest BCUT2D eigenvalue weighted by Crippen LogP contribution is -2.25. The zero-order chi connectivity index (χ0) is 14.3. The van der Waals surface area contributed by atoms with Crippen LogP contribution in [0.25, 0.3) is 0 Å². The summed E-state index contributed by atoms with van der Waals surface area (Å²) >= 11 is 3.48. The van der Waals surface area contributed by atoms with Crippen LogP contribution < -0.4 is 0 Å². The molecule has 19 heavy (non-hydrogen) atoms. The summed E-state index contributed by atoms with van der Waals surface area (Å²) in [7, 11) is 6.30. The van der Waals surface area contributed by atoms with Crippen molar-refractivity contribution >= 4 is 15.9 Å². The molecule has 0 aromatic heterocycles. The smallest absolute Gasteiger partial charge is 0.0813 e. The summed E-state index contributed by atoms with van der Waals surface area (Å²) in [6.45, 7) is 3.09. The lowest BCUT2D eigenvalue weighted by atomic mass is 10.1. The van der Waals surface area contributed by atoms with Gasteiger partial charge in [-0.05, 0) is 58.7 Å². The van der Waals surface area contributed by atoms with Crippen LogP contribution in [0.2, 0.25) is 0 Å². The van der Waals surface area contributed by atoms with E-state index in [0.717, 1.165) is 42.5 Å². The zero-order valence-corrected chi connectivity index (χ0v) is 13.7. The third-order valence-corrected chi connectivity index (χ3v) is 3.92. The minimum absolute atomic E-state index is 0.396. The second-order valence-electron chi connectivity index (χ2n) is 5.29. The van der Waals surface area contributed by atoms with Gasteiger partial charge in [0.25, 0.3) is 0 Å². The van der Waals surface area contributed by atoms with Gasteiger partial charge in [0, 0.05) is 11.0 Å². The van der Waals surface area contributed by atoms with E-state index in [1.54, 1.807) is 0 Å². The first-order chi connectivity index (χ1) is 9.00. The van der Waals surface area contributed by atoms with Gasteiger partial charge in [-0.25, -0.2) is 0 Å². The van der Waals surface area contributed by atoms with Gasteiger partial charge in [-0.3, -0.25) is 0 Å². The summed E-state index contributed by atoms with van der Waals surface area (Å²) in [6.07, 6.45) is 1.53. The van der Waals surface area contributed by atoms with Crippen molar-refractivity contribution in [3.8, 4) is 0 Å². The Bertz CT molecular complexity index is 371. The highest BCUT2D eigenvalue weighted by Gasteiger charge is 2.11. The van der Waals surface area contributed by atoms with E-state index in [-0.39, 0.29) is 0 Å². The number of hydrogen-bond acceptors (Lipinski definition) is 3. The number of aliphatic hydroxyl groups excluding tert-OH is 1. The molecule has 0 radical (unpaired) electrons. The standard InChI is InChI=1S/C15H25BrN2O/c1-17(2)10-6-11-18(3)12-9-15(19)13-7-4-5-8-14(13)16/h4-5,7-8,15,19H,6,9-12H2,1-3H3. The molecule has 1 aromatic rings. The van der Waals surface area contributed by atoms with Crippen molar-refractivity contribution in [1.82, 2.24) is 9.80 Å². The van der Waals surface area contributed by atoms with Gasteiger partial charge in [-0.2, -0.15) is 0 Å². The van der Waals surface area contributed by atoms with Gasteiger partial charge in [0.1, 0.15) is 0 Å². The van der Waals surface area contributed by atoms with Crippen LogP contribution in [-0.4, -0.2) is 55.7 Å². The molecule has 0 fully saturated rings. The molecule has 1 atom stereocenters. The Labute approximate surface area is 125 Å². The Balaban J connectivity index is 2.30. The minimum atomic E-state index is -0.396. The Morgan fingerprint density at radius 1 is 1.11 bits per heavy atom. The highest BCUT2D eigenvalue weighted by atomic mass is 79.9. The average Bonchev–Trinajstić information content (AvgIpc) is 2.36. The largest absolute Gasteiger partial charge is 0.388 e. The van der Waals surface area contributed by atoms with Crippen LogP contribution in [0, 0.1) is 0 Å². The molecule has 0 bridgehead atoms. The summed E-state index contributed by atoms with van der Waals surface area (Å²) in [5.41, 5.74) is 0.976. The van der Waals surface area contributed by atoms with E-state index in [2.05, 4.69) is 46.9 Å². The monoisotopic (exact) mass is 328 g/mol. The number of aliphatic hydroxyl groups is 1. The van der Waals surface area contributed by atoms with Gasteiger partial charge in [0.15, 0.2) is 0 Å². The third-order valence-electron chi connectivity index (χ3n) is 3.19. The molecule has 0 saturated carbocycles. The first kappa shape index (κ1) is 16.6. The van der Waals surface area contributed by atoms with Crippen molar-refractivity contribution in [1.29, 1.82) is 0 Å². The van der Waals surface area contributed by atoms with Crippen molar-refractivity contribution in [3.63, 3.8) is 0 Å². The summed E-state index contributed by atoms with van der Waals surface area (Å²) in [5, 5.41) is 10.2. The summed E-state index contributed by atoms with van der Waals surface area (Å²) < 4.78 is 0.984. The van der Waals surface area contributed by atoms with Crippen molar-refractivity contribution < 1.29 is 5.11 Å². The van der Waals surface area contributed by atoms with Crippen LogP contribution in [0.4, 0.5) is 0 Å². The van der Waals surface area contributed by atoms with Gasteiger partial charge >= 0.3 is 0 Å². The summed E-state index contributed by atoms with van der Waals surface area (Å²) in [4.78, 5) is 4.48. The highest BCUT2D eigenvalue weighted by Crippen LogP contribution is 2.25. The lowest BCUT2D eigenvalue weighted by molar-refractivity contribution is 0.147. The van der Waals surface area contributed by atoms with Crippen LogP contribution in [0.3, 0.4) is 0 Å². The van der Waals surface area contributed by atoms with Crippen LogP contribution in [0.15, 0.2) is 28.7 Å².